The Labute approximate surface area is 411 Å². The Morgan fingerprint density at radius 3 is 1.31 bits per heavy atom. The molecule has 0 bridgehead atoms. The van der Waals surface area contributed by atoms with Crippen molar-refractivity contribution in [3.05, 3.63) is 139 Å². The summed E-state index contributed by atoms with van der Waals surface area (Å²) < 4.78 is 15.0. The molecule has 2 N–H and O–H groups in total. The van der Waals surface area contributed by atoms with Crippen molar-refractivity contribution in [3.8, 4) is 11.5 Å². The molecular weight excluding hydrogens is 885 g/mol. The lowest BCUT2D eigenvalue weighted by Crippen LogP contribution is -2.51. The molecule has 70 heavy (non-hydrogen) atoms. The van der Waals surface area contributed by atoms with Crippen LogP contribution in [0.25, 0.3) is 12.2 Å². The zero-order valence-electron chi connectivity index (χ0n) is 41.2. The standard InChI is InChI=1S/2C28H35N3O4/c2*1-3-9-19-12-13-23-25-21(17-30(23)27(19)33)22(18-32)26(28(34)29-14-7-4-8-15-29)31(25)16-20-10-5-6-11-24(20)35-2/h2*3,5-6,9-13,21-22,25-26,32H,4,7-8,14-18H2,1-2H3/b9-3+;9-3-/t2*21-,22-,25+,26-/m00/s1. The van der Waals surface area contributed by atoms with E-state index < -0.39 is 12.1 Å². The van der Waals surface area contributed by atoms with Crippen molar-refractivity contribution in [1.82, 2.24) is 28.7 Å². The predicted molar refractivity (Wildman–Crippen MR) is 270 cm³/mol. The van der Waals surface area contributed by atoms with Crippen molar-refractivity contribution in [3.63, 3.8) is 0 Å². The molecule has 14 nitrogen and oxygen atoms in total. The number of hydrogen-bond acceptors (Lipinski definition) is 10. The number of piperidine rings is 2. The van der Waals surface area contributed by atoms with Crippen LogP contribution in [0.15, 0.2) is 94.5 Å². The van der Waals surface area contributed by atoms with E-state index in [1.54, 1.807) is 14.2 Å². The fraction of sp³-hybridized carbons (Fsp3) is 0.500. The van der Waals surface area contributed by atoms with Gasteiger partial charge in [-0.15, -0.1) is 0 Å². The Kier molecular flexibility index (Phi) is 15.2. The number of allylic oxidation sites excluding steroid dienone is 2. The van der Waals surface area contributed by atoms with E-state index in [1.165, 1.54) is 0 Å². The second kappa shape index (κ2) is 21.7. The summed E-state index contributed by atoms with van der Waals surface area (Å²) in [7, 11) is 3.32. The highest BCUT2D eigenvalue weighted by Gasteiger charge is 2.58. The van der Waals surface area contributed by atoms with Crippen molar-refractivity contribution in [2.24, 2.45) is 23.7 Å². The first-order valence-electron chi connectivity index (χ1n) is 25.4. The molecule has 8 heterocycles. The van der Waals surface area contributed by atoms with E-state index in [2.05, 4.69) is 9.80 Å². The van der Waals surface area contributed by atoms with Gasteiger partial charge in [0, 0.05) is 123 Å². The van der Waals surface area contributed by atoms with Crippen LogP contribution in [0.1, 0.15) is 98.1 Å². The van der Waals surface area contributed by atoms with Crippen molar-refractivity contribution >= 4 is 24.0 Å². The molecule has 0 spiro atoms. The summed E-state index contributed by atoms with van der Waals surface area (Å²) in [5.74, 6) is 1.25. The largest absolute Gasteiger partial charge is 0.496 e. The first-order chi connectivity index (χ1) is 34.2. The first kappa shape index (κ1) is 49.2. The number of amides is 2. The van der Waals surface area contributed by atoms with E-state index in [1.807, 2.05) is 130 Å². The van der Waals surface area contributed by atoms with Crippen LogP contribution >= 0.6 is 0 Å². The Morgan fingerprint density at radius 2 is 0.957 bits per heavy atom. The molecule has 4 saturated heterocycles. The minimum absolute atomic E-state index is 0.0113. The number of carbonyl (C=O) groups excluding carboxylic acids is 2. The molecule has 6 aliphatic heterocycles. The van der Waals surface area contributed by atoms with Crippen LogP contribution in [0.4, 0.5) is 0 Å². The summed E-state index contributed by atoms with van der Waals surface area (Å²) in [4.78, 5) is 62.8. The van der Waals surface area contributed by atoms with Gasteiger partial charge >= 0.3 is 0 Å². The van der Waals surface area contributed by atoms with Crippen molar-refractivity contribution in [2.45, 2.75) is 103 Å². The number of aliphatic hydroxyl groups is 2. The third kappa shape index (κ3) is 9.08. The number of ether oxygens (including phenoxy) is 2. The van der Waals surface area contributed by atoms with Crippen molar-refractivity contribution < 1.29 is 29.3 Å². The molecule has 4 aromatic rings. The van der Waals surface area contributed by atoms with Gasteiger partial charge in [-0.25, -0.2) is 0 Å². The van der Waals surface area contributed by atoms with Crippen LogP contribution in [-0.4, -0.2) is 116 Å². The SMILES string of the molecule is C/C=C/c1ccc2n(c1=O)C[C@H]1[C@H](CO)[C@@H](C(=O)N3CCCCC3)N(Cc3ccccc3OC)[C@@H]21.C/C=C\c1ccc2n(c1=O)C[C@H]1[C@H](CO)[C@@H](C(=O)N3CCCCC3)N(Cc3ccccc3OC)[C@@H]21. The molecule has 10 rings (SSSR count). The monoisotopic (exact) mass is 955 g/mol. The minimum atomic E-state index is -0.433. The van der Waals surface area contributed by atoms with Crippen LogP contribution in [0, 0.1) is 23.7 Å². The Hall–Kier alpha value is -5.80. The number of para-hydroxylation sites is 2. The number of rotatable bonds is 12. The highest BCUT2D eigenvalue weighted by atomic mass is 16.5. The van der Waals surface area contributed by atoms with Gasteiger partial charge in [-0.1, -0.05) is 60.7 Å². The average Bonchev–Trinajstić information content (AvgIpc) is 4.14. The number of nitrogens with zero attached hydrogens (tertiary/aromatic N) is 6. The van der Waals surface area contributed by atoms with E-state index in [4.69, 9.17) is 9.47 Å². The summed E-state index contributed by atoms with van der Waals surface area (Å²) in [6, 6.07) is 22.5. The lowest BCUT2D eigenvalue weighted by Gasteiger charge is -2.36. The summed E-state index contributed by atoms with van der Waals surface area (Å²) >= 11 is 0. The molecule has 0 unspecified atom stereocenters. The molecular formula is C56H70N6O8. The maximum absolute atomic E-state index is 13.9. The van der Waals surface area contributed by atoms with Gasteiger partial charge < -0.3 is 38.6 Å². The fourth-order valence-corrected chi connectivity index (χ4v) is 12.8. The highest BCUT2D eigenvalue weighted by molar-refractivity contribution is 5.84. The second-order valence-corrected chi connectivity index (χ2v) is 19.8. The zero-order chi connectivity index (χ0) is 49.1. The summed E-state index contributed by atoms with van der Waals surface area (Å²) in [6.45, 7) is 8.77. The average molecular weight is 955 g/mol. The summed E-state index contributed by atoms with van der Waals surface area (Å²) in [6.07, 6.45) is 13.8. The quantitative estimate of drug-likeness (QED) is 0.170. The normalized spacial score (nSPS) is 26.2. The van der Waals surface area contributed by atoms with Gasteiger partial charge in [-0.05, 0) is 88.8 Å². The smallest absolute Gasteiger partial charge is 0.258 e. The van der Waals surface area contributed by atoms with Crippen LogP contribution in [0.3, 0.4) is 0 Å². The molecule has 2 aromatic carbocycles. The van der Waals surface area contributed by atoms with Crippen LogP contribution < -0.4 is 20.6 Å². The number of pyridine rings is 2. The first-order valence-corrected chi connectivity index (χ1v) is 25.4. The van der Waals surface area contributed by atoms with E-state index in [-0.39, 0.29) is 71.9 Å². The minimum Gasteiger partial charge on any atom is -0.496 e. The van der Waals surface area contributed by atoms with Gasteiger partial charge in [-0.2, -0.15) is 0 Å². The second-order valence-electron chi connectivity index (χ2n) is 19.8. The number of aliphatic hydroxyl groups excluding tert-OH is 2. The van der Waals surface area contributed by atoms with Gasteiger partial charge in [0.25, 0.3) is 11.1 Å². The number of benzene rings is 2. The molecule has 0 aliphatic carbocycles. The van der Waals surface area contributed by atoms with Gasteiger partial charge in [0.1, 0.15) is 11.5 Å². The third-order valence-corrected chi connectivity index (χ3v) is 16.1. The van der Waals surface area contributed by atoms with E-state index in [0.717, 1.165) is 98.7 Å². The third-order valence-electron chi connectivity index (χ3n) is 16.1. The van der Waals surface area contributed by atoms with Gasteiger partial charge in [0.15, 0.2) is 0 Å². The molecule has 6 aliphatic rings. The predicted octanol–water partition coefficient (Wildman–Crippen LogP) is 6.13. The number of fused-ring (bicyclic) bond motifs is 6. The molecule has 14 heteroatoms. The molecule has 4 fully saturated rings. The molecule has 8 atom stereocenters. The molecule has 0 saturated carbocycles. The lowest BCUT2D eigenvalue weighted by atomic mass is 9.88. The molecule has 2 amide bonds. The molecule has 0 radical (unpaired) electrons. The van der Waals surface area contributed by atoms with Crippen LogP contribution in [0.5, 0.6) is 11.5 Å². The number of aromatic nitrogens is 2. The Balaban J connectivity index is 0.000000174. The zero-order valence-corrected chi connectivity index (χ0v) is 41.2. The Bertz CT molecular complexity index is 2520. The molecule has 372 valence electrons. The number of methoxy groups -OCH3 is 2. The number of likely N-dealkylation sites (tertiary alicyclic amines) is 4. The van der Waals surface area contributed by atoms with Gasteiger partial charge in [-0.3, -0.25) is 29.0 Å². The van der Waals surface area contributed by atoms with E-state index in [9.17, 15) is 29.4 Å². The lowest BCUT2D eigenvalue weighted by molar-refractivity contribution is -0.140. The van der Waals surface area contributed by atoms with Crippen LogP contribution in [-0.2, 0) is 35.8 Å². The topological polar surface area (TPSA) is 150 Å². The van der Waals surface area contributed by atoms with Gasteiger partial charge in [0.05, 0.1) is 38.4 Å². The van der Waals surface area contributed by atoms with Gasteiger partial charge in [0.2, 0.25) is 11.8 Å². The van der Waals surface area contributed by atoms with Crippen molar-refractivity contribution in [2.75, 3.05) is 53.6 Å². The summed E-state index contributed by atoms with van der Waals surface area (Å²) in [5.41, 5.74) is 5.14. The number of hydrogen-bond donors (Lipinski definition) is 2. The number of carbonyl (C=O) groups is 2. The van der Waals surface area contributed by atoms with Crippen molar-refractivity contribution in [1.29, 1.82) is 0 Å². The highest BCUT2D eigenvalue weighted by Crippen LogP contribution is 2.52. The Morgan fingerprint density at radius 1 is 0.571 bits per heavy atom. The maximum Gasteiger partial charge on any atom is 0.258 e. The molecule has 2 aromatic heterocycles. The maximum atomic E-state index is 13.9. The van der Waals surface area contributed by atoms with E-state index >= 15 is 0 Å². The van der Waals surface area contributed by atoms with Crippen LogP contribution in [0.2, 0.25) is 0 Å². The summed E-state index contributed by atoms with van der Waals surface area (Å²) in [5, 5.41) is 21.2. The van der Waals surface area contributed by atoms with E-state index in [0.29, 0.717) is 37.3 Å². The fourth-order valence-electron chi connectivity index (χ4n) is 12.8.